The smallest absolute Gasteiger partial charge is 0.526 e. The van der Waals surface area contributed by atoms with Crippen LogP contribution >= 0.6 is 0 Å². The van der Waals surface area contributed by atoms with E-state index < -0.39 is 58.1 Å². The van der Waals surface area contributed by atoms with Gasteiger partial charge < -0.3 is 18.8 Å². The molecule has 169 valence electrons. The van der Waals surface area contributed by atoms with E-state index >= 15 is 0 Å². The van der Waals surface area contributed by atoms with Crippen LogP contribution < -0.4 is 18.8 Å². The predicted octanol–water partition coefficient (Wildman–Crippen LogP) is 5.79. The molecule has 0 aliphatic carbocycles. The lowest BCUT2D eigenvalue weighted by atomic mass is 10.1. The van der Waals surface area contributed by atoms with Crippen molar-refractivity contribution >= 4 is 7.69 Å². The Labute approximate surface area is 172 Å². The van der Waals surface area contributed by atoms with Crippen molar-refractivity contribution < 1.29 is 53.9 Å². The van der Waals surface area contributed by atoms with E-state index in [-0.39, 0.29) is 20.9 Å². The van der Waals surface area contributed by atoms with E-state index in [1.165, 1.54) is 13.8 Å². The topological polar surface area (TPSA) is 36.9 Å². The lowest BCUT2D eigenvalue weighted by molar-refractivity contribution is -0.141. The molecular weight excluding hydrogens is 443 g/mol. The minimum atomic E-state index is -5.22. The van der Waals surface area contributed by atoms with E-state index in [1.807, 2.05) is 0 Å². The number of alkyl halides is 6. The van der Waals surface area contributed by atoms with Crippen molar-refractivity contribution in [1.29, 1.82) is 0 Å². The minimum absolute atomic E-state index is 0.0920. The summed E-state index contributed by atoms with van der Waals surface area (Å²) >= 11 is 0. The number of benzene rings is 2. The zero-order valence-electron chi connectivity index (χ0n) is 16.0. The van der Waals surface area contributed by atoms with Crippen LogP contribution in [0.3, 0.4) is 0 Å². The molecule has 0 amide bonds. The summed E-state index contributed by atoms with van der Waals surface area (Å²) < 4.78 is 126. The Kier molecular flexibility index (Phi) is 7.50. The molecule has 0 bridgehead atoms. The molecule has 1 radical (unpaired) electrons. The largest absolute Gasteiger partial charge is 0.658 e. The average molecular weight is 457 g/mol. The fourth-order valence-electron chi connectivity index (χ4n) is 2.46. The zero-order valence-corrected chi connectivity index (χ0v) is 16.0. The van der Waals surface area contributed by atoms with Gasteiger partial charge in [0.15, 0.2) is 23.1 Å². The van der Waals surface area contributed by atoms with Gasteiger partial charge in [0, 0.05) is 0 Å². The fraction of sp³-hybridized carbons (Fsp3) is 0.333. The van der Waals surface area contributed by atoms with Gasteiger partial charge in [-0.05, 0) is 38.1 Å². The first-order chi connectivity index (χ1) is 14.4. The molecule has 0 fully saturated rings. The van der Waals surface area contributed by atoms with Crippen LogP contribution in [0.15, 0.2) is 24.3 Å². The maximum absolute atomic E-state index is 14.2. The zero-order chi connectivity index (χ0) is 23.4. The number of hydrogen-bond donors (Lipinski definition) is 0. The molecule has 0 atom stereocenters. The maximum Gasteiger partial charge on any atom is 0.658 e. The number of hydrogen-bond acceptors (Lipinski definition) is 4. The first-order valence-corrected chi connectivity index (χ1v) is 8.61. The Balaban J connectivity index is 2.32. The van der Waals surface area contributed by atoms with E-state index in [0.29, 0.717) is 12.1 Å². The first kappa shape index (κ1) is 24.4. The Morgan fingerprint density at radius 3 is 1.26 bits per heavy atom. The van der Waals surface area contributed by atoms with E-state index in [4.69, 9.17) is 9.47 Å². The molecule has 0 heterocycles. The van der Waals surface area contributed by atoms with Crippen molar-refractivity contribution in [3.8, 4) is 23.0 Å². The highest BCUT2D eigenvalue weighted by atomic mass is 19.4. The van der Waals surface area contributed by atoms with Crippen molar-refractivity contribution in [3.05, 3.63) is 47.0 Å². The average Bonchev–Trinajstić information content (AvgIpc) is 2.64. The Morgan fingerprint density at radius 1 is 0.645 bits per heavy atom. The highest BCUT2D eigenvalue weighted by molar-refractivity contribution is 6.20. The molecule has 31 heavy (non-hydrogen) atoms. The van der Waals surface area contributed by atoms with Crippen LogP contribution in [-0.4, -0.2) is 20.9 Å². The van der Waals surface area contributed by atoms with Crippen LogP contribution in [-0.2, 0) is 12.4 Å². The second kappa shape index (κ2) is 9.52. The third kappa shape index (κ3) is 5.64. The summed E-state index contributed by atoms with van der Waals surface area (Å²) in [6, 6.07) is 3.07. The van der Waals surface area contributed by atoms with Crippen molar-refractivity contribution in [2.45, 2.75) is 26.2 Å². The molecule has 0 aliphatic rings. The summed E-state index contributed by atoms with van der Waals surface area (Å²) in [5.74, 6) is -7.15. The third-order valence-electron chi connectivity index (χ3n) is 3.65. The van der Waals surface area contributed by atoms with Gasteiger partial charge in [-0.15, -0.1) is 0 Å². The first-order valence-electron chi connectivity index (χ1n) is 8.61. The van der Waals surface area contributed by atoms with E-state index in [9.17, 15) is 35.1 Å². The van der Waals surface area contributed by atoms with Gasteiger partial charge in [-0.25, -0.2) is 8.78 Å². The predicted molar refractivity (Wildman–Crippen MR) is 92.2 cm³/mol. The number of rotatable bonds is 8. The summed E-state index contributed by atoms with van der Waals surface area (Å²) in [7, 11) is 0.0920. The van der Waals surface area contributed by atoms with Gasteiger partial charge in [-0.2, -0.15) is 26.3 Å². The van der Waals surface area contributed by atoms with Crippen LogP contribution in [0.4, 0.5) is 35.1 Å². The van der Waals surface area contributed by atoms with Crippen molar-refractivity contribution in [1.82, 2.24) is 0 Å². The highest BCUT2D eigenvalue weighted by Gasteiger charge is 2.41. The molecule has 0 saturated carbocycles. The molecule has 0 saturated heterocycles. The molecule has 4 nitrogen and oxygen atoms in total. The second-order valence-electron chi connectivity index (χ2n) is 5.70. The van der Waals surface area contributed by atoms with Crippen LogP contribution in [0.1, 0.15) is 25.0 Å². The van der Waals surface area contributed by atoms with Crippen LogP contribution in [0.5, 0.6) is 23.0 Å². The van der Waals surface area contributed by atoms with E-state index in [0.717, 1.165) is 12.1 Å². The van der Waals surface area contributed by atoms with Gasteiger partial charge in [-0.3, -0.25) is 0 Å². The molecule has 0 aromatic heterocycles. The summed E-state index contributed by atoms with van der Waals surface area (Å²) in [5, 5.41) is 0. The van der Waals surface area contributed by atoms with Gasteiger partial charge in [-0.1, -0.05) is 0 Å². The fourth-order valence-corrected chi connectivity index (χ4v) is 2.46. The number of ether oxygens (including phenoxy) is 2. The molecule has 0 N–H and O–H groups in total. The van der Waals surface area contributed by atoms with E-state index in [1.54, 1.807) is 0 Å². The van der Waals surface area contributed by atoms with Crippen molar-refractivity contribution in [2.24, 2.45) is 0 Å². The Bertz CT molecular complexity index is 841. The summed E-state index contributed by atoms with van der Waals surface area (Å²) in [6.45, 7) is 2.61. The molecule has 0 spiro atoms. The van der Waals surface area contributed by atoms with Gasteiger partial charge >= 0.3 is 20.0 Å². The molecule has 2 rings (SSSR count). The van der Waals surface area contributed by atoms with E-state index in [2.05, 4.69) is 9.31 Å². The van der Waals surface area contributed by atoms with Gasteiger partial charge in [0.1, 0.15) is 22.6 Å². The van der Waals surface area contributed by atoms with Crippen molar-refractivity contribution in [2.75, 3.05) is 13.2 Å². The molecule has 0 unspecified atom stereocenters. The number of halogens is 8. The monoisotopic (exact) mass is 457 g/mol. The van der Waals surface area contributed by atoms with Gasteiger partial charge in [0.05, 0.1) is 13.2 Å². The molecular formula is C18H14BF8O4. The highest BCUT2D eigenvalue weighted by Crippen LogP contribution is 2.43. The second-order valence-corrected chi connectivity index (χ2v) is 5.70. The van der Waals surface area contributed by atoms with Crippen LogP contribution in [0.25, 0.3) is 0 Å². The van der Waals surface area contributed by atoms with Crippen molar-refractivity contribution in [3.63, 3.8) is 0 Å². The van der Waals surface area contributed by atoms with Gasteiger partial charge in [0.2, 0.25) is 0 Å². The standard InChI is InChI=1S/C18H14BF8O4/c1-3-28-11-7-5-9(13(15(11)20)17(22,23)24)30-19-31-10-6-8-12(29-4-2)16(21)14(10)18(25,26)27/h5-8H,3-4H2,1-2H3. The maximum atomic E-state index is 14.2. The lowest BCUT2D eigenvalue weighted by Crippen LogP contribution is -2.19. The summed E-state index contributed by atoms with van der Waals surface area (Å²) in [6.07, 6.45) is -10.4. The normalized spacial score (nSPS) is 11.8. The molecule has 2 aromatic rings. The molecule has 0 aliphatic heterocycles. The summed E-state index contributed by atoms with van der Waals surface area (Å²) in [5.41, 5.74) is -3.71. The third-order valence-corrected chi connectivity index (χ3v) is 3.65. The Hall–Kier alpha value is -2.86. The minimum Gasteiger partial charge on any atom is -0.526 e. The lowest BCUT2D eigenvalue weighted by Gasteiger charge is -2.18. The Morgan fingerprint density at radius 2 is 0.968 bits per heavy atom. The van der Waals surface area contributed by atoms with Crippen LogP contribution in [0.2, 0.25) is 0 Å². The molecule has 2 aromatic carbocycles. The SMILES string of the molecule is CCOc1ccc(O[B]Oc2ccc(OCC)c(F)c2C(F)(F)F)c(C(F)(F)F)c1F. The van der Waals surface area contributed by atoms with Gasteiger partial charge in [0.25, 0.3) is 0 Å². The van der Waals surface area contributed by atoms with Crippen LogP contribution in [0, 0.1) is 11.6 Å². The quantitative estimate of drug-likeness (QED) is 0.372. The summed E-state index contributed by atoms with van der Waals surface area (Å²) in [4.78, 5) is 0. The molecule has 13 heteroatoms.